The first-order valence-corrected chi connectivity index (χ1v) is 3.45. The monoisotopic (exact) mass is 179 g/mol. The Bertz CT molecular complexity index is 258. The van der Waals surface area contributed by atoms with Crippen LogP contribution in [-0.2, 0) is 24.8 Å². The molecule has 0 aromatic rings. The highest BCUT2D eigenvalue weighted by atomic mass is 32.2. The van der Waals surface area contributed by atoms with E-state index >= 15 is 0 Å². The molecule has 0 heterocycles. The van der Waals surface area contributed by atoms with Crippen molar-refractivity contribution < 1.29 is 22.2 Å². The summed E-state index contributed by atoms with van der Waals surface area (Å²) in [5.74, 6) is -2.01. The minimum absolute atomic E-state index is 0.619. The molecule has 0 radical (unpaired) electrons. The van der Waals surface area contributed by atoms with Gasteiger partial charge in [0, 0.05) is 12.2 Å². The molecule has 62 valence electrons. The summed E-state index contributed by atoms with van der Waals surface area (Å²) in [4.78, 5) is 20.2. The Morgan fingerprint density at radius 1 is 1.27 bits per heavy atom. The summed E-state index contributed by atoms with van der Waals surface area (Å²) >= 11 is 0. The Morgan fingerprint density at radius 2 is 1.82 bits per heavy atom. The Hall–Kier alpha value is -1.37. The first-order valence-electron chi connectivity index (χ1n) is 2.36. The third kappa shape index (κ3) is 6.52. The van der Waals surface area contributed by atoms with Crippen LogP contribution in [0.4, 0.5) is 0 Å². The predicted molar refractivity (Wildman–Crippen MR) is 34.7 cm³/mol. The maximum atomic E-state index is 10.3. The van der Waals surface area contributed by atoms with E-state index in [0.717, 1.165) is 0 Å². The quantitative estimate of drug-likeness (QED) is 0.389. The van der Waals surface area contributed by atoms with E-state index in [-0.39, 0.29) is 0 Å². The molecule has 0 aromatic heterocycles. The molecule has 0 aliphatic rings. The lowest BCUT2D eigenvalue weighted by Crippen LogP contribution is -2.07. The van der Waals surface area contributed by atoms with Gasteiger partial charge in [0.1, 0.15) is 0 Å². The molecule has 0 spiro atoms. The van der Waals surface area contributed by atoms with Crippen molar-refractivity contribution in [2.45, 2.75) is 0 Å². The lowest BCUT2D eigenvalue weighted by molar-refractivity contribution is -0.128. The van der Waals surface area contributed by atoms with Gasteiger partial charge >= 0.3 is 17.0 Å². The van der Waals surface area contributed by atoms with Crippen LogP contribution in [0.5, 0.6) is 0 Å². The zero-order valence-corrected chi connectivity index (χ0v) is 6.11. The first kappa shape index (κ1) is 9.63. The normalized spacial score (nSPS) is 10.3. The van der Waals surface area contributed by atoms with Gasteiger partial charge in [-0.15, -0.1) is 0 Å². The van der Waals surface area contributed by atoms with Crippen LogP contribution in [0.2, 0.25) is 0 Å². The van der Waals surface area contributed by atoms with Crippen LogP contribution < -0.4 is 5.73 Å². The van der Waals surface area contributed by atoms with Gasteiger partial charge in [-0.2, -0.15) is 8.42 Å². The molecule has 6 nitrogen and oxygen atoms in total. The van der Waals surface area contributed by atoms with Crippen molar-refractivity contribution in [2.24, 2.45) is 5.73 Å². The van der Waals surface area contributed by atoms with Crippen molar-refractivity contribution in [3.8, 4) is 0 Å². The summed E-state index contributed by atoms with van der Waals surface area (Å²) in [7, 11) is -3.22. The summed E-state index contributed by atoms with van der Waals surface area (Å²) in [5.41, 5.74) is 4.59. The van der Waals surface area contributed by atoms with Gasteiger partial charge in [-0.1, -0.05) is 0 Å². The Labute approximate surface area is 63.8 Å². The molecule has 7 heteroatoms. The van der Waals surface area contributed by atoms with Crippen molar-refractivity contribution in [2.75, 3.05) is 0 Å². The number of rotatable bonds is 3. The van der Waals surface area contributed by atoms with Crippen molar-refractivity contribution in [3.63, 3.8) is 0 Å². The largest absolute Gasteiger partial charge is 0.366 e. The van der Waals surface area contributed by atoms with Crippen LogP contribution in [0.25, 0.3) is 0 Å². The van der Waals surface area contributed by atoms with E-state index < -0.39 is 22.9 Å². The molecular weight excluding hydrogens is 174 g/mol. The number of nitrogens with two attached hydrogens (primary N) is 1. The minimum atomic E-state index is -3.22. The highest BCUT2D eigenvalue weighted by Gasteiger charge is 1.96. The van der Waals surface area contributed by atoms with Crippen LogP contribution in [0.15, 0.2) is 12.2 Å². The lowest BCUT2D eigenvalue weighted by Gasteiger charge is -1.85. The van der Waals surface area contributed by atoms with Crippen LogP contribution in [0.3, 0.4) is 0 Å². The fourth-order valence-corrected chi connectivity index (χ4v) is 0.462. The molecule has 0 saturated heterocycles. The summed E-state index contributed by atoms with van der Waals surface area (Å²) < 4.78 is 23.0. The molecule has 0 bridgehead atoms. The van der Waals surface area contributed by atoms with E-state index in [1.165, 1.54) is 0 Å². The molecule has 0 unspecified atom stereocenters. The second-order valence-electron chi connectivity index (χ2n) is 1.37. The van der Waals surface area contributed by atoms with Crippen LogP contribution in [0.1, 0.15) is 0 Å². The molecule has 0 aliphatic carbocycles. The number of amides is 1. The Morgan fingerprint density at radius 3 is 2.18 bits per heavy atom. The number of primary amides is 1. The summed E-state index contributed by atoms with van der Waals surface area (Å²) in [6, 6.07) is 0. The molecule has 0 atom stereocenters. The minimum Gasteiger partial charge on any atom is -0.366 e. The lowest BCUT2D eigenvalue weighted by atomic mass is 10.5. The number of carbonyl (C=O) groups is 2. The van der Waals surface area contributed by atoms with Crippen LogP contribution in [-0.4, -0.2) is 20.3 Å². The topological polar surface area (TPSA) is 104 Å². The molecule has 0 rings (SSSR count). The van der Waals surface area contributed by atoms with E-state index in [0.29, 0.717) is 12.2 Å². The van der Waals surface area contributed by atoms with E-state index in [4.69, 9.17) is 0 Å². The second kappa shape index (κ2) is 4.45. The molecule has 0 aliphatic heterocycles. The zero-order valence-electron chi connectivity index (χ0n) is 5.22. The fourth-order valence-electron chi connectivity index (χ4n) is 0.254. The van der Waals surface area contributed by atoms with Crippen LogP contribution in [0, 0.1) is 0 Å². The summed E-state index contributed by atoms with van der Waals surface area (Å²) in [6.45, 7) is 0. The zero-order chi connectivity index (χ0) is 8.85. The molecule has 0 saturated carbocycles. The SMILES string of the molecule is NC(=O)/C=C\C(=O)O[SH](=O)=O. The highest BCUT2D eigenvalue weighted by molar-refractivity contribution is 7.67. The number of thiol groups is 1. The van der Waals surface area contributed by atoms with Crippen LogP contribution >= 0.6 is 0 Å². The third-order valence-corrected chi connectivity index (χ3v) is 0.877. The van der Waals surface area contributed by atoms with Gasteiger partial charge in [-0.25, -0.2) is 4.79 Å². The summed E-state index contributed by atoms with van der Waals surface area (Å²) in [6.07, 6.45) is 1.31. The maximum absolute atomic E-state index is 10.3. The second-order valence-corrected chi connectivity index (χ2v) is 2.00. The van der Waals surface area contributed by atoms with Gasteiger partial charge in [-0.3, -0.25) is 4.79 Å². The van der Waals surface area contributed by atoms with E-state index in [1.54, 1.807) is 0 Å². The van der Waals surface area contributed by atoms with Crippen molar-refractivity contribution >= 4 is 22.9 Å². The maximum Gasteiger partial charge on any atom is 0.346 e. The van der Waals surface area contributed by atoms with Crippen molar-refractivity contribution in [1.29, 1.82) is 0 Å². The van der Waals surface area contributed by atoms with Gasteiger partial charge in [0.15, 0.2) is 0 Å². The highest BCUT2D eigenvalue weighted by Crippen LogP contribution is 1.80. The molecular formula is C4H5NO5S. The fraction of sp³-hybridized carbons (Fsp3) is 0. The third-order valence-electron chi connectivity index (χ3n) is 0.548. The molecule has 11 heavy (non-hydrogen) atoms. The van der Waals surface area contributed by atoms with E-state index in [2.05, 4.69) is 9.92 Å². The van der Waals surface area contributed by atoms with Crippen molar-refractivity contribution in [1.82, 2.24) is 0 Å². The molecule has 0 aromatic carbocycles. The van der Waals surface area contributed by atoms with Gasteiger partial charge in [0.05, 0.1) is 0 Å². The van der Waals surface area contributed by atoms with Gasteiger partial charge in [0.2, 0.25) is 5.91 Å². The molecule has 2 N–H and O–H groups in total. The number of hydrogen-bond acceptors (Lipinski definition) is 5. The Balaban J connectivity index is 3.98. The molecule has 0 fully saturated rings. The first-order chi connectivity index (χ1) is 5.02. The standard InChI is InChI=1S/C4H5NO5S/c5-3(6)1-2-4(7)10-11(8)9/h1-2,11H,(H2,5,6)/b2-1-. The van der Waals surface area contributed by atoms with E-state index in [9.17, 15) is 18.0 Å². The average Bonchev–Trinajstić information content (AvgIpc) is 1.82. The molecule has 1 amide bonds. The average molecular weight is 179 g/mol. The summed E-state index contributed by atoms with van der Waals surface area (Å²) in [5, 5.41) is 0. The predicted octanol–water partition coefficient (Wildman–Crippen LogP) is -1.90. The van der Waals surface area contributed by atoms with Gasteiger partial charge in [0.25, 0.3) is 0 Å². The smallest absolute Gasteiger partial charge is 0.346 e. The van der Waals surface area contributed by atoms with Gasteiger partial charge < -0.3 is 9.92 Å². The number of hydrogen-bond donors (Lipinski definition) is 2. The number of carbonyl (C=O) groups excluding carboxylic acids is 2. The van der Waals surface area contributed by atoms with Gasteiger partial charge in [-0.05, 0) is 0 Å². The Kier molecular flexibility index (Phi) is 3.89. The van der Waals surface area contributed by atoms with Crippen molar-refractivity contribution in [3.05, 3.63) is 12.2 Å². The van der Waals surface area contributed by atoms with E-state index in [1.807, 2.05) is 0 Å².